The molecular weight excluding hydrogens is 450 g/mol. The molecule has 2 aromatic rings. The Balaban J connectivity index is 2.15. The van der Waals surface area contributed by atoms with Crippen LogP contribution in [-0.4, -0.2) is 43.2 Å². The predicted octanol–water partition coefficient (Wildman–Crippen LogP) is 2.30. The maximum absolute atomic E-state index is 12.6. The van der Waals surface area contributed by atoms with Gasteiger partial charge in [-0.25, -0.2) is 13.1 Å². The highest BCUT2D eigenvalue weighted by molar-refractivity contribution is 7.89. The number of sulfonamides is 1. The zero-order chi connectivity index (χ0) is 23.2. The number of halogens is 1. The molecule has 0 aliphatic carbocycles. The lowest BCUT2D eigenvalue weighted by Crippen LogP contribution is -2.40. The minimum absolute atomic E-state index is 0.0825. The SMILES string of the molecule is COC(=O)[C@@H](CC(=O)[C@H](C)NS(=O)(=O)c1ccccc1[N+](=O)[O-])Cc1ccc(Cl)cn1. The highest BCUT2D eigenvalue weighted by Crippen LogP contribution is 2.23. The second-order valence-electron chi connectivity index (χ2n) is 6.63. The van der Waals surface area contributed by atoms with Crippen LogP contribution in [0, 0.1) is 16.0 Å². The van der Waals surface area contributed by atoms with Crippen molar-refractivity contribution in [1.29, 1.82) is 0 Å². The van der Waals surface area contributed by atoms with Gasteiger partial charge in [0, 0.05) is 30.8 Å². The number of hydrogen-bond donors (Lipinski definition) is 1. The first-order chi connectivity index (χ1) is 14.5. The molecule has 166 valence electrons. The highest BCUT2D eigenvalue weighted by Gasteiger charge is 2.31. The minimum atomic E-state index is -4.36. The molecule has 1 heterocycles. The number of ketones is 1. The fourth-order valence-electron chi connectivity index (χ4n) is 2.80. The number of esters is 1. The standard InChI is InChI=1S/C19H20ClN3O7S/c1-12(22-31(28,29)18-6-4-3-5-16(18)23(26)27)17(24)10-13(19(25)30-2)9-15-8-7-14(20)11-21-15/h3-8,11-13,22H,9-10H2,1-2H3/t12-,13+/m0/s1. The summed E-state index contributed by atoms with van der Waals surface area (Å²) in [5.74, 6) is -2.14. The van der Waals surface area contributed by atoms with E-state index in [0.29, 0.717) is 10.7 Å². The molecule has 12 heteroatoms. The van der Waals surface area contributed by atoms with Gasteiger partial charge in [-0.1, -0.05) is 23.7 Å². The lowest BCUT2D eigenvalue weighted by atomic mass is 9.94. The van der Waals surface area contributed by atoms with Crippen LogP contribution in [0.25, 0.3) is 0 Å². The van der Waals surface area contributed by atoms with E-state index in [-0.39, 0.29) is 12.8 Å². The molecule has 0 unspecified atom stereocenters. The van der Waals surface area contributed by atoms with E-state index in [1.165, 1.54) is 32.4 Å². The van der Waals surface area contributed by atoms with Gasteiger partial charge in [-0.05, 0) is 25.1 Å². The van der Waals surface area contributed by atoms with Gasteiger partial charge in [-0.3, -0.25) is 24.7 Å². The Morgan fingerprint density at radius 1 is 1.26 bits per heavy atom. The molecule has 0 aliphatic rings. The van der Waals surface area contributed by atoms with Crippen LogP contribution in [0.4, 0.5) is 5.69 Å². The third-order valence-electron chi connectivity index (χ3n) is 4.39. The number of benzene rings is 1. The van der Waals surface area contributed by atoms with Gasteiger partial charge in [0.1, 0.15) is 0 Å². The van der Waals surface area contributed by atoms with Gasteiger partial charge in [0.2, 0.25) is 10.0 Å². The van der Waals surface area contributed by atoms with Crippen molar-refractivity contribution in [2.45, 2.75) is 30.7 Å². The number of Topliss-reactive ketones (excluding diaryl/α,β-unsaturated/α-hetero) is 1. The largest absolute Gasteiger partial charge is 0.469 e. The maximum Gasteiger partial charge on any atom is 0.309 e. The maximum atomic E-state index is 12.6. The van der Waals surface area contributed by atoms with Gasteiger partial charge in [0.05, 0.1) is 29.0 Å². The molecule has 0 radical (unpaired) electrons. The monoisotopic (exact) mass is 469 g/mol. The molecule has 0 spiro atoms. The molecule has 0 saturated heterocycles. The highest BCUT2D eigenvalue weighted by atomic mass is 35.5. The number of carbonyl (C=O) groups is 2. The van der Waals surface area contributed by atoms with E-state index in [4.69, 9.17) is 16.3 Å². The fraction of sp³-hybridized carbons (Fsp3) is 0.316. The van der Waals surface area contributed by atoms with Crippen LogP contribution in [0.2, 0.25) is 5.02 Å². The average molecular weight is 470 g/mol. The molecule has 10 nitrogen and oxygen atoms in total. The van der Waals surface area contributed by atoms with Gasteiger partial charge in [-0.2, -0.15) is 0 Å². The quantitative estimate of drug-likeness (QED) is 0.317. The van der Waals surface area contributed by atoms with E-state index in [1.807, 2.05) is 0 Å². The summed E-state index contributed by atoms with van der Waals surface area (Å²) < 4.78 is 32.1. The summed E-state index contributed by atoms with van der Waals surface area (Å²) in [6, 6.07) is 6.73. The normalized spacial score (nSPS) is 13.3. The van der Waals surface area contributed by atoms with Gasteiger partial charge in [0.25, 0.3) is 5.69 Å². The van der Waals surface area contributed by atoms with Crippen molar-refractivity contribution in [3.8, 4) is 0 Å². The van der Waals surface area contributed by atoms with Crippen molar-refractivity contribution in [2.24, 2.45) is 5.92 Å². The first kappa shape index (κ1) is 24.4. The molecule has 1 aromatic heterocycles. The van der Waals surface area contributed by atoms with E-state index < -0.39 is 49.2 Å². The number of methoxy groups -OCH3 is 1. The molecule has 1 aromatic carbocycles. The van der Waals surface area contributed by atoms with Crippen LogP contribution in [0.5, 0.6) is 0 Å². The molecule has 2 atom stereocenters. The number of para-hydroxylation sites is 1. The summed E-state index contributed by atoms with van der Waals surface area (Å²) in [5, 5.41) is 11.5. The second kappa shape index (κ2) is 10.4. The van der Waals surface area contributed by atoms with E-state index in [1.54, 1.807) is 12.1 Å². The number of ether oxygens (including phenoxy) is 1. The van der Waals surface area contributed by atoms with Crippen LogP contribution >= 0.6 is 11.6 Å². The number of rotatable bonds is 10. The Morgan fingerprint density at radius 3 is 2.52 bits per heavy atom. The van der Waals surface area contributed by atoms with Gasteiger partial charge < -0.3 is 4.74 Å². The van der Waals surface area contributed by atoms with E-state index in [2.05, 4.69) is 9.71 Å². The van der Waals surface area contributed by atoms with Gasteiger partial charge >= 0.3 is 5.97 Å². The molecule has 2 rings (SSSR count). The Morgan fingerprint density at radius 2 is 1.94 bits per heavy atom. The van der Waals surface area contributed by atoms with Crippen molar-refractivity contribution >= 4 is 39.1 Å². The predicted molar refractivity (Wildman–Crippen MR) is 111 cm³/mol. The van der Waals surface area contributed by atoms with Crippen LogP contribution in [0.1, 0.15) is 19.0 Å². The number of nitrogens with one attached hydrogen (secondary N) is 1. The topological polar surface area (TPSA) is 146 Å². The smallest absolute Gasteiger partial charge is 0.309 e. The van der Waals surface area contributed by atoms with Crippen molar-refractivity contribution in [3.05, 3.63) is 63.4 Å². The lowest BCUT2D eigenvalue weighted by Gasteiger charge is -2.17. The number of hydrogen-bond acceptors (Lipinski definition) is 8. The Bertz CT molecular complexity index is 1070. The molecule has 0 saturated carbocycles. The summed E-state index contributed by atoms with van der Waals surface area (Å²) in [4.78, 5) is 38.6. The number of pyridine rings is 1. The third kappa shape index (κ3) is 6.54. The summed E-state index contributed by atoms with van der Waals surface area (Å²) >= 11 is 5.79. The zero-order valence-electron chi connectivity index (χ0n) is 16.6. The van der Waals surface area contributed by atoms with E-state index in [0.717, 1.165) is 12.1 Å². The molecule has 0 amide bonds. The van der Waals surface area contributed by atoms with Crippen molar-refractivity contribution < 1.29 is 27.7 Å². The third-order valence-corrected chi connectivity index (χ3v) is 6.20. The number of nitro benzene ring substituents is 1. The average Bonchev–Trinajstić information content (AvgIpc) is 2.73. The lowest BCUT2D eigenvalue weighted by molar-refractivity contribution is -0.387. The fourth-order valence-corrected chi connectivity index (χ4v) is 4.31. The summed E-state index contributed by atoms with van der Waals surface area (Å²) in [7, 11) is -3.18. The van der Waals surface area contributed by atoms with Crippen LogP contribution in [-0.2, 0) is 30.8 Å². The minimum Gasteiger partial charge on any atom is -0.469 e. The molecule has 0 aliphatic heterocycles. The molecule has 31 heavy (non-hydrogen) atoms. The Kier molecular flexibility index (Phi) is 8.20. The molecular formula is C19H20ClN3O7S. The number of nitrogens with zero attached hydrogens (tertiary/aromatic N) is 2. The van der Waals surface area contributed by atoms with E-state index >= 15 is 0 Å². The van der Waals surface area contributed by atoms with Gasteiger partial charge in [0.15, 0.2) is 10.7 Å². The van der Waals surface area contributed by atoms with E-state index in [9.17, 15) is 28.1 Å². The first-order valence-corrected chi connectivity index (χ1v) is 10.9. The number of nitro groups is 1. The van der Waals surface area contributed by atoms with Crippen molar-refractivity contribution in [1.82, 2.24) is 9.71 Å². The summed E-state index contributed by atoms with van der Waals surface area (Å²) in [6.45, 7) is 1.30. The molecule has 0 bridgehead atoms. The van der Waals surface area contributed by atoms with Crippen LogP contribution in [0.15, 0.2) is 47.5 Å². The van der Waals surface area contributed by atoms with Crippen LogP contribution < -0.4 is 4.72 Å². The molecule has 0 fully saturated rings. The Hall–Kier alpha value is -2.89. The summed E-state index contributed by atoms with van der Waals surface area (Å²) in [5.41, 5.74) is -0.114. The first-order valence-electron chi connectivity index (χ1n) is 9.02. The number of aromatic nitrogens is 1. The van der Waals surface area contributed by atoms with Gasteiger partial charge in [-0.15, -0.1) is 0 Å². The summed E-state index contributed by atoms with van der Waals surface area (Å²) in [6.07, 6.45) is 1.16. The van der Waals surface area contributed by atoms with Crippen molar-refractivity contribution in [2.75, 3.05) is 7.11 Å². The second-order valence-corrected chi connectivity index (χ2v) is 8.75. The number of carbonyl (C=O) groups excluding carboxylic acids is 2. The molecule has 1 N–H and O–H groups in total. The Labute approximate surface area is 183 Å². The van der Waals surface area contributed by atoms with Crippen molar-refractivity contribution in [3.63, 3.8) is 0 Å². The zero-order valence-corrected chi connectivity index (χ0v) is 18.2. The van der Waals surface area contributed by atoms with Crippen LogP contribution in [0.3, 0.4) is 0 Å².